The van der Waals surface area contributed by atoms with Crippen LogP contribution in [0.2, 0.25) is 0 Å². The van der Waals surface area contributed by atoms with E-state index in [1.807, 2.05) is 0 Å². The molecule has 3 fully saturated rings. The summed E-state index contributed by atoms with van der Waals surface area (Å²) in [7, 11) is 0. The minimum Gasteiger partial charge on any atom is -0.393 e. The Bertz CT molecular complexity index is 755. The van der Waals surface area contributed by atoms with Gasteiger partial charge >= 0.3 is 0 Å². The van der Waals surface area contributed by atoms with Crippen molar-refractivity contribution in [1.29, 1.82) is 0 Å². The molecule has 4 aliphatic carbocycles. The van der Waals surface area contributed by atoms with Gasteiger partial charge in [-0.25, -0.2) is 0 Å². The van der Waals surface area contributed by atoms with Gasteiger partial charge in [-0.3, -0.25) is 9.59 Å². The first kappa shape index (κ1) is 19.8. The summed E-state index contributed by atoms with van der Waals surface area (Å²) in [5, 5.41) is 11.4. The number of rotatable bonds is 2. The summed E-state index contributed by atoms with van der Waals surface area (Å²) in [4.78, 5) is 25.0. The lowest BCUT2D eigenvalue weighted by Crippen LogP contribution is -2.58. The second kappa shape index (κ2) is 6.25. The van der Waals surface area contributed by atoms with Gasteiger partial charge in [0.15, 0.2) is 5.78 Å². The number of halogens is 1. The average molecular weight is 482 g/mol. The molecular formula is C23H31IO3. The molecule has 1 N–H and O–H groups in total. The Balaban J connectivity index is 1.78. The van der Waals surface area contributed by atoms with Crippen LogP contribution in [-0.4, -0.2) is 27.2 Å². The van der Waals surface area contributed by atoms with Crippen molar-refractivity contribution < 1.29 is 14.7 Å². The van der Waals surface area contributed by atoms with Gasteiger partial charge in [-0.05, 0) is 61.0 Å². The molecule has 4 aliphatic rings. The average Bonchev–Trinajstić information content (AvgIpc) is 2.82. The Morgan fingerprint density at radius 1 is 1.33 bits per heavy atom. The molecule has 0 spiro atoms. The first-order valence-electron chi connectivity index (χ1n) is 10.3. The number of hydrogen-bond donors (Lipinski definition) is 1. The minimum atomic E-state index is -0.436. The van der Waals surface area contributed by atoms with E-state index in [2.05, 4.69) is 56.4 Å². The Morgan fingerprint density at radius 2 is 2.04 bits per heavy atom. The Kier molecular flexibility index (Phi) is 4.59. The number of carbonyl (C=O) groups is 2. The monoisotopic (exact) mass is 482 g/mol. The number of fused-ring (bicyclic) bond motifs is 5. The SMILES string of the molecule is C[C@@H]1C[C@H]2[C@@H]3CCC4=CC(=O)C=C[C@]4(C)[C@H]3[C@@H](O)C[C@]2(C)[C@@]1(C)C(=O)CI. The number of alkyl halides is 1. The van der Waals surface area contributed by atoms with Crippen LogP contribution < -0.4 is 0 Å². The zero-order valence-electron chi connectivity index (χ0n) is 16.8. The third-order valence-electron chi connectivity index (χ3n) is 9.37. The van der Waals surface area contributed by atoms with Crippen molar-refractivity contribution in [2.24, 2.45) is 39.9 Å². The van der Waals surface area contributed by atoms with Crippen molar-refractivity contribution in [3.8, 4) is 0 Å². The molecular weight excluding hydrogens is 451 g/mol. The van der Waals surface area contributed by atoms with Crippen molar-refractivity contribution in [3.05, 3.63) is 23.8 Å². The molecule has 0 aliphatic heterocycles. The maximum absolute atomic E-state index is 13.1. The van der Waals surface area contributed by atoms with Gasteiger partial charge in [0.25, 0.3) is 0 Å². The number of carbonyl (C=O) groups excluding carboxylic acids is 2. The van der Waals surface area contributed by atoms with Gasteiger partial charge in [0, 0.05) is 16.7 Å². The molecule has 148 valence electrons. The summed E-state index contributed by atoms with van der Waals surface area (Å²) >= 11 is 2.20. The first-order valence-corrected chi connectivity index (χ1v) is 11.8. The number of aliphatic hydroxyl groups excluding tert-OH is 1. The molecule has 3 saturated carbocycles. The molecule has 3 nitrogen and oxygen atoms in total. The van der Waals surface area contributed by atoms with Crippen LogP contribution in [0, 0.1) is 39.9 Å². The zero-order chi connectivity index (χ0) is 19.8. The number of hydrogen-bond acceptors (Lipinski definition) is 3. The van der Waals surface area contributed by atoms with Gasteiger partial charge in [0.1, 0.15) is 5.78 Å². The molecule has 0 heterocycles. The lowest BCUT2D eigenvalue weighted by molar-refractivity contribution is -0.153. The lowest BCUT2D eigenvalue weighted by Gasteiger charge is -2.60. The molecule has 0 unspecified atom stereocenters. The van der Waals surface area contributed by atoms with Crippen LogP contribution in [0.3, 0.4) is 0 Å². The van der Waals surface area contributed by atoms with Gasteiger partial charge in [-0.15, -0.1) is 0 Å². The summed E-state index contributed by atoms with van der Waals surface area (Å²) in [6, 6.07) is 0. The summed E-state index contributed by atoms with van der Waals surface area (Å²) in [6.07, 6.45) is 8.82. The third-order valence-corrected chi connectivity index (χ3v) is 10.1. The summed E-state index contributed by atoms with van der Waals surface area (Å²) < 4.78 is 0.542. The van der Waals surface area contributed by atoms with Crippen molar-refractivity contribution in [3.63, 3.8) is 0 Å². The van der Waals surface area contributed by atoms with E-state index in [1.54, 1.807) is 12.2 Å². The van der Waals surface area contributed by atoms with Crippen LogP contribution in [0.4, 0.5) is 0 Å². The number of Topliss-reactive ketones (excluding diaryl/α,β-unsaturated/α-hetero) is 1. The van der Waals surface area contributed by atoms with E-state index >= 15 is 0 Å². The van der Waals surface area contributed by atoms with E-state index in [4.69, 9.17) is 0 Å². The van der Waals surface area contributed by atoms with Crippen LogP contribution in [0.1, 0.15) is 53.4 Å². The van der Waals surface area contributed by atoms with E-state index < -0.39 is 6.10 Å². The fraction of sp³-hybridized carbons (Fsp3) is 0.739. The molecule has 0 saturated heterocycles. The maximum Gasteiger partial charge on any atom is 0.178 e. The van der Waals surface area contributed by atoms with Crippen LogP contribution in [0.5, 0.6) is 0 Å². The van der Waals surface area contributed by atoms with Crippen LogP contribution in [0.25, 0.3) is 0 Å². The van der Waals surface area contributed by atoms with Gasteiger partial charge in [0.2, 0.25) is 0 Å². The molecule has 0 aromatic heterocycles. The Morgan fingerprint density at radius 3 is 2.70 bits per heavy atom. The molecule has 8 atom stereocenters. The molecule has 27 heavy (non-hydrogen) atoms. The highest BCUT2D eigenvalue weighted by atomic mass is 127. The summed E-state index contributed by atoms with van der Waals surface area (Å²) in [5.41, 5.74) is 0.449. The summed E-state index contributed by atoms with van der Waals surface area (Å²) in [5.74, 6) is 1.77. The highest BCUT2D eigenvalue weighted by Crippen LogP contribution is 2.71. The van der Waals surface area contributed by atoms with Gasteiger partial charge in [-0.1, -0.05) is 61.9 Å². The quantitative estimate of drug-likeness (QED) is 0.465. The molecule has 0 radical (unpaired) electrons. The van der Waals surface area contributed by atoms with Gasteiger partial charge < -0.3 is 5.11 Å². The topological polar surface area (TPSA) is 54.4 Å². The summed E-state index contributed by atoms with van der Waals surface area (Å²) in [6.45, 7) is 8.89. The first-order chi connectivity index (χ1) is 12.6. The predicted molar refractivity (Wildman–Crippen MR) is 115 cm³/mol. The zero-order valence-corrected chi connectivity index (χ0v) is 19.0. The fourth-order valence-corrected chi connectivity index (χ4v) is 8.41. The Hall–Kier alpha value is -0.490. The van der Waals surface area contributed by atoms with E-state index in [1.165, 1.54) is 5.57 Å². The van der Waals surface area contributed by atoms with Crippen molar-refractivity contribution in [2.45, 2.75) is 59.5 Å². The number of aliphatic hydroxyl groups is 1. The van der Waals surface area contributed by atoms with Crippen LogP contribution in [0.15, 0.2) is 23.8 Å². The van der Waals surface area contributed by atoms with Gasteiger partial charge in [0.05, 0.1) is 10.5 Å². The molecule has 0 bridgehead atoms. The highest BCUT2D eigenvalue weighted by Gasteiger charge is 2.68. The maximum atomic E-state index is 13.1. The fourth-order valence-electron chi connectivity index (χ4n) is 7.62. The number of ketones is 2. The standard InChI is InChI=1S/C23H31IO3/c1-13-9-17-16-6-5-14-10-15(25)7-8-21(14,2)20(16)18(26)11-22(17,3)23(13,4)19(27)12-24/h7-8,10,13,16-18,20,26H,5-6,9,11-12H2,1-4H3/t13-,16+,17+,18+,20-,21+,22+,23-/m1/s1. The molecule has 0 amide bonds. The molecule has 0 aromatic carbocycles. The lowest BCUT2D eigenvalue weighted by atomic mass is 9.45. The molecule has 4 rings (SSSR count). The van der Waals surface area contributed by atoms with Crippen molar-refractivity contribution >= 4 is 34.2 Å². The Labute approximate surface area is 176 Å². The van der Waals surface area contributed by atoms with E-state index in [-0.39, 0.29) is 27.9 Å². The van der Waals surface area contributed by atoms with Crippen molar-refractivity contribution in [2.75, 3.05) is 4.43 Å². The smallest absolute Gasteiger partial charge is 0.178 e. The third kappa shape index (κ3) is 2.41. The second-order valence-electron chi connectivity index (χ2n) is 10.1. The largest absolute Gasteiger partial charge is 0.393 e. The van der Waals surface area contributed by atoms with Crippen molar-refractivity contribution in [1.82, 2.24) is 0 Å². The normalized spacial score (nSPS) is 51.3. The minimum absolute atomic E-state index is 0.0748. The molecule has 4 heteroatoms. The highest BCUT2D eigenvalue weighted by molar-refractivity contribution is 14.1. The van der Waals surface area contributed by atoms with E-state index in [9.17, 15) is 14.7 Å². The van der Waals surface area contributed by atoms with Gasteiger partial charge in [-0.2, -0.15) is 0 Å². The van der Waals surface area contributed by atoms with Crippen LogP contribution in [-0.2, 0) is 9.59 Å². The second-order valence-corrected chi connectivity index (χ2v) is 10.9. The number of allylic oxidation sites excluding steroid dienone is 4. The van der Waals surface area contributed by atoms with Crippen LogP contribution >= 0.6 is 22.6 Å². The van der Waals surface area contributed by atoms with E-state index in [0.717, 1.165) is 19.3 Å². The molecule has 0 aromatic rings. The van der Waals surface area contributed by atoms with E-state index in [0.29, 0.717) is 34.4 Å². The predicted octanol–water partition coefficient (Wildman–Crippen LogP) is 4.52.